The van der Waals surface area contributed by atoms with Crippen molar-refractivity contribution in [3.8, 4) is 11.4 Å². The normalized spacial score (nSPS) is 11.1. The molecule has 0 atom stereocenters. The van der Waals surface area contributed by atoms with Crippen LogP contribution < -0.4 is 4.72 Å². The van der Waals surface area contributed by atoms with Crippen LogP contribution in [0.3, 0.4) is 0 Å². The fourth-order valence-electron chi connectivity index (χ4n) is 1.45. The van der Waals surface area contributed by atoms with E-state index in [9.17, 15) is 13.2 Å². The molecule has 0 fully saturated rings. The van der Waals surface area contributed by atoms with Crippen LogP contribution in [0.2, 0.25) is 0 Å². The second kappa shape index (κ2) is 5.79. The Morgan fingerprint density at radius 1 is 1.15 bits per heavy atom. The van der Waals surface area contributed by atoms with Crippen LogP contribution in [0, 0.1) is 0 Å². The number of amides is 1. The molecule has 7 heteroatoms. The van der Waals surface area contributed by atoms with E-state index in [-0.39, 0.29) is 11.3 Å². The Balaban J connectivity index is 2.19. The molecule has 20 heavy (non-hydrogen) atoms. The second-order valence-corrected chi connectivity index (χ2v) is 6.01. The van der Waals surface area contributed by atoms with Crippen LogP contribution >= 0.6 is 0 Å². The van der Waals surface area contributed by atoms with E-state index in [2.05, 4.69) is 9.97 Å². The zero-order valence-electron chi connectivity index (χ0n) is 10.8. The van der Waals surface area contributed by atoms with Crippen LogP contribution in [0.4, 0.5) is 0 Å². The Morgan fingerprint density at radius 2 is 1.75 bits per heavy atom. The van der Waals surface area contributed by atoms with Crippen molar-refractivity contribution in [2.24, 2.45) is 0 Å². The molecule has 1 amide bonds. The highest BCUT2D eigenvalue weighted by molar-refractivity contribution is 7.90. The van der Waals surface area contributed by atoms with Gasteiger partial charge in [-0.2, -0.15) is 0 Å². The SMILES string of the molecule is CCS(=O)(=O)NC(=O)c1cnc(-c2ccccc2)nc1. The molecule has 0 aliphatic carbocycles. The lowest BCUT2D eigenvalue weighted by atomic mass is 10.2. The van der Waals surface area contributed by atoms with E-state index in [4.69, 9.17) is 0 Å². The first-order valence-electron chi connectivity index (χ1n) is 5.94. The molecule has 0 saturated carbocycles. The zero-order chi connectivity index (χ0) is 14.6. The molecule has 0 saturated heterocycles. The van der Waals surface area contributed by atoms with Gasteiger partial charge in [0.05, 0.1) is 11.3 Å². The minimum Gasteiger partial charge on any atom is -0.268 e. The van der Waals surface area contributed by atoms with Crippen LogP contribution in [-0.2, 0) is 10.0 Å². The summed E-state index contributed by atoms with van der Waals surface area (Å²) in [6, 6.07) is 9.27. The summed E-state index contributed by atoms with van der Waals surface area (Å²) in [5.41, 5.74) is 0.919. The van der Waals surface area contributed by atoms with Gasteiger partial charge in [-0.3, -0.25) is 4.79 Å². The highest BCUT2D eigenvalue weighted by Gasteiger charge is 2.14. The lowest BCUT2D eigenvalue weighted by Crippen LogP contribution is -2.31. The molecule has 2 aromatic rings. The topological polar surface area (TPSA) is 89.0 Å². The molecule has 0 spiro atoms. The van der Waals surface area contributed by atoms with E-state index in [1.165, 1.54) is 19.3 Å². The number of nitrogens with zero attached hydrogens (tertiary/aromatic N) is 2. The van der Waals surface area contributed by atoms with Crippen LogP contribution in [-0.4, -0.2) is 30.0 Å². The maximum Gasteiger partial charge on any atom is 0.267 e. The molecule has 0 radical (unpaired) electrons. The Bertz CT molecular complexity index is 697. The average molecular weight is 291 g/mol. The minimum atomic E-state index is -3.58. The van der Waals surface area contributed by atoms with Crippen molar-refractivity contribution in [2.45, 2.75) is 6.92 Å². The molecule has 0 aliphatic heterocycles. The van der Waals surface area contributed by atoms with Crippen molar-refractivity contribution in [3.05, 3.63) is 48.3 Å². The van der Waals surface area contributed by atoms with E-state index in [0.717, 1.165) is 5.56 Å². The molecular formula is C13H13N3O3S. The van der Waals surface area contributed by atoms with Crippen LogP contribution in [0.5, 0.6) is 0 Å². The summed E-state index contributed by atoms with van der Waals surface area (Å²) < 4.78 is 24.5. The number of sulfonamides is 1. The van der Waals surface area contributed by atoms with Crippen LogP contribution in [0.1, 0.15) is 17.3 Å². The van der Waals surface area contributed by atoms with Gasteiger partial charge in [-0.05, 0) is 6.92 Å². The van der Waals surface area contributed by atoms with Crippen molar-refractivity contribution in [3.63, 3.8) is 0 Å². The van der Waals surface area contributed by atoms with Gasteiger partial charge in [0, 0.05) is 18.0 Å². The molecule has 0 aliphatic rings. The molecule has 2 rings (SSSR count). The minimum absolute atomic E-state index is 0.0988. The largest absolute Gasteiger partial charge is 0.268 e. The van der Waals surface area contributed by atoms with E-state index >= 15 is 0 Å². The molecule has 1 N–H and O–H groups in total. The second-order valence-electron chi connectivity index (χ2n) is 4.00. The van der Waals surface area contributed by atoms with Gasteiger partial charge in [-0.15, -0.1) is 0 Å². The van der Waals surface area contributed by atoms with Crippen molar-refractivity contribution >= 4 is 15.9 Å². The predicted octanol–water partition coefficient (Wildman–Crippen LogP) is 1.22. The van der Waals surface area contributed by atoms with Gasteiger partial charge in [0.2, 0.25) is 10.0 Å². The van der Waals surface area contributed by atoms with Gasteiger partial charge < -0.3 is 0 Å². The Hall–Kier alpha value is -2.28. The van der Waals surface area contributed by atoms with Crippen molar-refractivity contribution < 1.29 is 13.2 Å². The summed E-state index contributed by atoms with van der Waals surface area (Å²) in [7, 11) is -3.58. The molecule has 6 nitrogen and oxygen atoms in total. The summed E-state index contributed by atoms with van der Waals surface area (Å²) in [5, 5.41) is 0. The third-order valence-corrected chi connectivity index (χ3v) is 3.83. The standard InChI is InChI=1S/C13H13N3O3S/c1-2-20(18,19)16-13(17)11-8-14-12(15-9-11)10-6-4-3-5-7-10/h3-9H,2H2,1H3,(H,16,17). The van der Waals surface area contributed by atoms with Crippen molar-refractivity contribution in [1.82, 2.24) is 14.7 Å². The molecule has 1 aromatic carbocycles. The summed E-state index contributed by atoms with van der Waals surface area (Å²) in [6.07, 6.45) is 2.60. The zero-order valence-corrected chi connectivity index (χ0v) is 11.6. The monoisotopic (exact) mass is 291 g/mol. The number of benzene rings is 1. The summed E-state index contributed by atoms with van der Waals surface area (Å²) >= 11 is 0. The number of carbonyl (C=O) groups excluding carboxylic acids is 1. The van der Waals surface area contributed by atoms with Gasteiger partial charge in [0.15, 0.2) is 5.82 Å². The fourth-order valence-corrected chi connectivity index (χ4v) is 2.00. The van der Waals surface area contributed by atoms with Gasteiger partial charge in [-0.1, -0.05) is 30.3 Å². The van der Waals surface area contributed by atoms with Gasteiger partial charge in [-0.25, -0.2) is 23.1 Å². The number of rotatable bonds is 4. The first-order valence-corrected chi connectivity index (χ1v) is 7.59. The van der Waals surface area contributed by atoms with Crippen LogP contribution in [0.15, 0.2) is 42.7 Å². The van der Waals surface area contributed by atoms with Crippen LogP contribution in [0.25, 0.3) is 11.4 Å². The number of nitrogens with one attached hydrogen (secondary N) is 1. The molecule has 1 aromatic heterocycles. The van der Waals surface area contributed by atoms with E-state index in [1.54, 1.807) is 0 Å². The number of aromatic nitrogens is 2. The van der Waals surface area contributed by atoms with Gasteiger partial charge in [0.25, 0.3) is 5.91 Å². The highest BCUT2D eigenvalue weighted by Crippen LogP contribution is 2.13. The smallest absolute Gasteiger partial charge is 0.267 e. The average Bonchev–Trinajstić information content (AvgIpc) is 2.48. The van der Waals surface area contributed by atoms with Crippen molar-refractivity contribution in [2.75, 3.05) is 5.75 Å². The molecule has 0 unspecified atom stereocenters. The third-order valence-electron chi connectivity index (χ3n) is 2.57. The van der Waals surface area contributed by atoms with E-state index in [0.29, 0.717) is 5.82 Å². The number of carbonyl (C=O) groups is 1. The number of hydrogen-bond donors (Lipinski definition) is 1. The van der Waals surface area contributed by atoms with Gasteiger partial charge in [0.1, 0.15) is 0 Å². The molecule has 104 valence electrons. The molecule has 1 heterocycles. The Morgan fingerprint density at radius 3 is 2.30 bits per heavy atom. The molecular weight excluding hydrogens is 278 g/mol. The first-order chi connectivity index (χ1) is 9.52. The van der Waals surface area contributed by atoms with E-state index < -0.39 is 15.9 Å². The quantitative estimate of drug-likeness (QED) is 0.915. The maximum atomic E-state index is 11.7. The van der Waals surface area contributed by atoms with E-state index in [1.807, 2.05) is 35.1 Å². The lowest BCUT2D eigenvalue weighted by Gasteiger charge is -2.05. The summed E-state index contributed by atoms with van der Waals surface area (Å²) in [4.78, 5) is 19.8. The maximum absolute atomic E-state index is 11.7. The molecule has 0 bridgehead atoms. The summed E-state index contributed by atoms with van der Waals surface area (Å²) in [6.45, 7) is 1.45. The highest BCUT2D eigenvalue weighted by atomic mass is 32.2. The lowest BCUT2D eigenvalue weighted by molar-refractivity contribution is 0.0981. The Kier molecular flexibility index (Phi) is 4.09. The Labute approximate surface area is 116 Å². The van der Waals surface area contributed by atoms with Crippen molar-refractivity contribution in [1.29, 1.82) is 0 Å². The summed E-state index contributed by atoms with van der Waals surface area (Å²) in [5.74, 6) is -0.422. The predicted molar refractivity (Wildman–Crippen MR) is 74.4 cm³/mol. The number of hydrogen-bond acceptors (Lipinski definition) is 5. The van der Waals surface area contributed by atoms with Gasteiger partial charge >= 0.3 is 0 Å². The first kappa shape index (κ1) is 14.1. The third kappa shape index (κ3) is 3.39. The fraction of sp³-hybridized carbons (Fsp3) is 0.154.